The number of aryl methyl sites for hydroxylation is 1. The summed E-state index contributed by atoms with van der Waals surface area (Å²) >= 11 is 0. The van der Waals surface area contributed by atoms with Gasteiger partial charge in [0.15, 0.2) is 0 Å². The Morgan fingerprint density at radius 1 is 1.12 bits per heavy atom. The van der Waals surface area contributed by atoms with Crippen molar-refractivity contribution in [1.29, 1.82) is 0 Å². The molecule has 0 radical (unpaired) electrons. The van der Waals surface area contributed by atoms with Crippen molar-refractivity contribution in [3.63, 3.8) is 0 Å². The Balaban J connectivity index is 1.89. The predicted molar refractivity (Wildman–Crippen MR) is 97.7 cm³/mol. The third kappa shape index (κ3) is 6.10. The van der Waals surface area contributed by atoms with Crippen molar-refractivity contribution in [2.75, 3.05) is 0 Å². The van der Waals surface area contributed by atoms with Crippen LogP contribution in [-0.4, -0.2) is 28.8 Å². The summed E-state index contributed by atoms with van der Waals surface area (Å²) in [6, 6.07) is 13.4. The lowest BCUT2D eigenvalue weighted by Gasteiger charge is -2.22. The molecule has 0 fully saturated rings. The third-order valence-corrected chi connectivity index (χ3v) is 3.76. The zero-order valence-electron chi connectivity index (χ0n) is 14.9. The van der Waals surface area contributed by atoms with E-state index in [0.29, 0.717) is 12.8 Å². The van der Waals surface area contributed by atoms with Crippen molar-refractivity contribution in [3.8, 4) is 0 Å². The molecular weight excluding hydrogens is 318 g/mol. The van der Waals surface area contributed by atoms with Gasteiger partial charge in [-0.25, -0.2) is 9.59 Å². The third-order valence-electron chi connectivity index (χ3n) is 3.76. The Morgan fingerprint density at radius 2 is 1.80 bits per heavy atom. The molecular formula is C20H25NO4. The van der Waals surface area contributed by atoms with Gasteiger partial charge in [0.1, 0.15) is 11.6 Å². The lowest BCUT2D eigenvalue weighted by molar-refractivity contribution is -0.139. The molecule has 5 heteroatoms. The number of carbonyl (C=O) groups is 2. The summed E-state index contributed by atoms with van der Waals surface area (Å²) < 4.78 is 5.12. The van der Waals surface area contributed by atoms with E-state index in [1.165, 1.54) is 10.8 Å². The van der Waals surface area contributed by atoms with E-state index < -0.39 is 23.7 Å². The molecule has 0 aliphatic carbocycles. The van der Waals surface area contributed by atoms with Crippen molar-refractivity contribution in [3.05, 3.63) is 48.0 Å². The van der Waals surface area contributed by atoms with E-state index in [4.69, 9.17) is 4.74 Å². The maximum atomic E-state index is 11.8. The Morgan fingerprint density at radius 3 is 2.44 bits per heavy atom. The van der Waals surface area contributed by atoms with Crippen LogP contribution in [0.15, 0.2) is 42.5 Å². The van der Waals surface area contributed by atoms with Crippen LogP contribution in [0.2, 0.25) is 0 Å². The van der Waals surface area contributed by atoms with Gasteiger partial charge in [0.2, 0.25) is 0 Å². The number of nitrogens with one attached hydrogen (secondary N) is 1. The first-order valence-electron chi connectivity index (χ1n) is 8.44. The minimum absolute atomic E-state index is 0.349. The van der Waals surface area contributed by atoms with Crippen molar-refractivity contribution in [2.24, 2.45) is 0 Å². The number of hydrogen-bond donors (Lipinski definition) is 2. The van der Waals surface area contributed by atoms with Crippen LogP contribution in [0.4, 0.5) is 4.79 Å². The fourth-order valence-electron chi connectivity index (χ4n) is 2.61. The van der Waals surface area contributed by atoms with Crippen LogP contribution in [-0.2, 0) is 16.0 Å². The van der Waals surface area contributed by atoms with Gasteiger partial charge in [0.25, 0.3) is 0 Å². The van der Waals surface area contributed by atoms with Crippen molar-refractivity contribution in [1.82, 2.24) is 5.32 Å². The van der Waals surface area contributed by atoms with Gasteiger partial charge in [0, 0.05) is 0 Å². The molecule has 1 unspecified atom stereocenters. The standard InChI is InChI=1S/C20H25NO4/c1-20(2,3)25-19(24)21-17(18(22)23)10-6-7-14-11-12-15-8-4-5-9-16(15)13-14/h4-5,8-9,11-13,17H,6-7,10H2,1-3H3,(H,21,24)(H,22,23). The van der Waals surface area contributed by atoms with Gasteiger partial charge >= 0.3 is 12.1 Å². The minimum Gasteiger partial charge on any atom is -0.480 e. The number of ether oxygens (including phenoxy) is 1. The number of amides is 1. The Kier molecular flexibility index (Phi) is 6.02. The number of carboxylic acids is 1. The summed E-state index contributed by atoms with van der Waals surface area (Å²) in [6.45, 7) is 5.21. The van der Waals surface area contributed by atoms with Crippen LogP contribution < -0.4 is 5.32 Å². The first-order valence-corrected chi connectivity index (χ1v) is 8.44. The van der Waals surface area contributed by atoms with Crippen LogP contribution >= 0.6 is 0 Å². The molecule has 0 saturated heterocycles. The average Bonchev–Trinajstić information content (AvgIpc) is 2.52. The molecule has 1 atom stereocenters. The maximum absolute atomic E-state index is 11.8. The molecule has 25 heavy (non-hydrogen) atoms. The zero-order valence-corrected chi connectivity index (χ0v) is 14.9. The Labute approximate surface area is 148 Å². The van der Waals surface area contributed by atoms with Crippen LogP contribution in [0.5, 0.6) is 0 Å². The molecule has 0 aromatic heterocycles. The van der Waals surface area contributed by atoms with Gasteiger partial charge in [-0.3, -0.25) is 0 Å². The fourth-order valence-corrected chi connectivity index (χ4v) is 2.61. The normalized spacial score (nSPS) is 12.6. The molecule has 0 aliphatic heterocycles. The number of carboxylic acid groups (broad SMARTS) is 1. The molecule has 0 bridgehead atoms. The number of benzene rings is 2. The molecule has 2 aromatic rings. The molecule has 5 nitrogen and oxygen atoms in total. The molecule has 2 rings (SSSR count). The predicted octanol–water partition coefficient (Wildman–Crippen LogP) is 4.14. The van der Waals surface area contributed by atoms with E-state index in [1.54, 1.807) is 20.8 Å². The van der Waals surface area contributed by atoms with Gasteiger partial charge in [-0.2, -0.15) is 0 Å². The smallest absolute Gasteiger partial charge is 0.408 e. The summed E-state index contributed by atoms with van der Waals surface area (Å²) in [5.41, 5.74) is 0.498. The van der Waals surface area contributed by atoms with Gasteiger partial charge in [0.05, 0.1) is 0 Å². The first-order chi connectivity index (χ1) is 11.7. The van der Waals surface area contributed by atoms with E-state index in [2.05, 4.69) is 35.6 Å². The summed E-state index contributed by atoms with van der Waals surface area (Å²) in [7, 11) is 0. The van der Waals surface area contributed by atoms with Crippen molar-refractivity contribution < 1.29 is 19.4 Å². The van der Waals surface area contributed by atoms with E-state index >= 15 is 0 Å². The van der Waals surface area contributed by atoms with E-state index in [9.17, 15) is 14.7 Å². The van der Waals surface area contributed by atoms with Gasteiger partial charge in [-0.05, 0) is 56.4 Å². The average molecular weight is 343 g/mol. The Bertz CT molecular complexity index is 749. The topological polar surface area (TPSA) is 75.6 Å². The van der Waals surface area contributed by atoms with Gasteiger partial charge in [-0.1, -0.05) is 42.5 Å². The molecule has 0 saturated carbocycles. The number of aliphatic carboxylic acids is 1. The highest BCUT2D eigenvalue weighted by Gasteiger charge is 2.23. The van der Waals surface area contributed by atoms with Crippen molar-refractivity contribution >= 4 is 22.8 Å². The molecule has 2 aromatic carbocycles. The summed E-state index contributed by atoms with van der Waals surface area (Å²) in [6.07, 6.45) is 1.06. The van der Waals surface area contributed by atoms with E-state index in [-0.39, 0.29) is 0 Å². The second-order valence-electron chi connectivity index (χ2n) is 7.11. The SMILES string of the molecule is CC(C)(C)OC(=O)NC(CCCc1ccc2ccccc2c1)C(=O)O. The van der Waals surface area contributed by atoms with Crippen LogP contribution in [0.1, 0.15) is 39.2 Å². The molecule has 1 amide bonds. The summed E-state index contributed by atoms with van der Waals surface area (Å²) in [4.78, 5) is 23.1. The highest BCUT2D eigenvalue weighted by molar-refractivity contribution is 5.83. The molecule has 0 spiro atoms. The monoisotopic (exact) mass is 343 g/mol. The van der Waals surface area contributed by atoms with Crippen LogP contribution in [0.25, 0.3) is 10.8 Å². The van der Waals surface area contributed by atoms with Gasteiger partial charge in [-0.15, -0.1) is 0 Å². The number of carbonyl (C=O) groups excluding carboxylic acids is 1. The molecule has 0 aliphatic rings. The molecule has 134 valence electrons. The van der Waals surface area contributed by atoms with Crippen molar-refractivity contribution in [2.45, 2.75) is 51.7 Å². The minimum atomic E-state index is -1.05. The fraction of sp³-hybridized carbons (Fsp3) is 0.400. The maximum Gasteiger partial charge on any atom is 0.408 e. The van der Waals surface area contributed by atoms with Crippen LogP contribution in [0, 0.1) is 0 Å². The largest absolute Gasteiger partial charge is 0.480 e. The zero-order chi connectivity index (χ0) is 18.4. The van der Waals surface area contributed by atoms with E-state index in [0.717, 1.165) is 12.0 Å². The number of hydrogen-bond acceptors (Lipinski definition) is 3. The van der Waals surface area contributed by atoms with Crippen LogP contribution in [0.3, 0.4) is 0 Å². The number of alkyl carbamates (subject to hydrolysis) is 1. The summed E-state index contributed by atoms with van der Waals surface area (Å²) in [5, 5.41) is 14.1. The van der Waals surface area contributed by atoms with Gasteiger partial charge < -0.3 is 15.2 Å². The Hall–Kier alpha value is -2.56. The summed E-state index contributed by atoms with van der Waals surface area (Å²) in [5.74, 6) is -1.05. The first kappa shape index (κ1) is 18.8. The second kappa shape index (κ2) is 8.01. The second-order valence-corrected chi connectivity index (χ2v) is 7.11. The number of fused-ring (bicyclic) bond motifs is 1. The van der Waals surface area contributed by atoms with E-state index in [1.807, 2.05) is 12.1 Å². The highest BCUT2D eigenvalue weighted by Crippen LogP contribution is 2.17. The lowest BCUT2D eigenvalue weighted by atomic mass is 10.0. The number of rotatable bonds is 6. The molecule has 0 heterocycles. The quantitative estimate of drug-likeness (QED) is 0.826. The highest BCUT2D eigenvalue weighted by atomic mass is 16.6. The molecule has 2 N–H and O–H groups in total. The lowest BCUT2D eigenvalue weighted by Crippen LogP contribution is -2.43.